The molecule has 1 rings (SSSR count). The first kappa shape index (κ1) is 17.4. The van der Waals surface area contributed by atoms with Gasteiger partial charge in [0.05, 0.1) is 0 Å². The Morgan fingerprint density at radius 3 is 2.62 bits per heavy atom. The lowest BCUT2D eigenvalue weighted by atomic mass is 10.2. The van der Waals surface area contributed by atoms with Gasteiger partial charge in [0, 0.05) is 13.1 Å². The minimum atomic E-state index is -0.718. The van der Waals surface area contributed by atoms with Crippen molar-refractivity contribution < 1.29 is 13.9 Å². The molecule has 4 nitrogen and oxygen atoms in total. The predicted octanol–water partition coefficient (Wildman–Crippen LogP) is 2.47. The van der Waals surface area contributed by atoms with Crippen LogP contribution in [0.4, 0.5) is 4.39 Å². The Hall–Kier alpha value is -1.62. The van der Waals surface area contributed by atoms with Crippen LogP contribution >= 0.6 is 0 Å². The van der Waals surface area contributed by atoms with Crippen LogP contribution < -0.4 is 15.4 Å². The van der Waals surface area contributed by atoms with Gasteiger partial charge in [-0.2, -0.15) is 0 Å². The van der Waals surface area contributed by atoms with E-state index >= 15 is 0 Å². The van der Waals surface area contributed by atoms with E-state index < -0.39 is 11.9 Å². The lowest BCUT2D eigenvalue weighted by Gasteiger charge is -2.15. The van der Waals surface area contributed by atoms with Gasteiger partial charge in [0.15, 0.2) is 17.7 Å². The van der Waals surface area contributed by atoms with E-state index in [0.717, 1.165) is 12.1 Å². The summed E-state index contributed by atoms with van der Waals surface area (Å²) >= 11 is 0. The van der Waals surface area contributed by atoms with Gasteiger partial charge in [-0.1, -0.05) is 19.9 Å². The molecule has 0 aliphatic rings. The maximum absolute atomic E-state index is 14.0. The van der Waals surface area contributed by atoms with E-state index in [0.29, 0.717) is 19.0 Å². The van der Waals surface area contributed by atoms with Gasteiger partial charge in [-0.3, -0.25) is 4.79 Å². The van der Waals surface area contributed by atoms with Crippen molar-refractivity contribution in [2.24, 2.45) is 5.92 Å². The first-order chi connectivity index (χ1) is 9.93. The first-order valence-corrected chi connectivity index (χ1v) is 7.37. The predicted molar refractivity (Wildman–Crippen MR) is 81.7 cm³/mol. The SMILES string of the molecule is CCNC(=O)C(C)Oc1ccc(CNCC(C)C)cc1F. The quantitative estimate of drug-likeness (QED) is 0.775. The zero-order valence-corrected chi connectivity index (χ0v) is 13.2. The molecule has 0 heterocycles. The van der Waals surface area contributed by atoms with Crippen LogP contribution in [0.3, 0.4) is 0 Å². The Balaban J connectivity index is 2.59. The largest absolute Gasteiger partial charge is 0.478 e. The molecule has 0 aliphatic heterocycles. The van der Waals surface area contributed by atoms with Crippen molar-refractivity contribution in [3.8, 4) is 5.75 Å². The molecule has 21 heavy (non-hydrogen) atoms. The van der Waals surface area contributed by atoms with Crippen LogP contribution in [0.25, 0.3) is 0 Å². The second-order valence-corrected chi connectivity index (χ2v) is 5.44. The van der Waals surface area contributed by atoms with Crippen LogP contribution in [0.2, 0.25) is 0 Å². The van der Waals surface area contributed by atoms with E-state index in [1.165, 1.54) is 6.07 Å². The summed E-state index contributed by atoms with van der Waals surface area (Å²) in [5.74, 6) is -0.0497. The minimum absolute atomic E-state index is 0.0985. The standard InChI is InChI=1S/C16H25FN2O2/c1-5-19-16(20)12(4)21-15-7-6-13(8-14(15)17)10-18-9-11(2)3/h6-8,11-12,18H,5,9-10H2,1-4H3,(H,19,20). The van der Waals surface area contributed by atoms with E-state index in [2.05, 4.69) is 24.5 Å². The third-order valence-corrected chi connectivity index (χ3v) is 2.90. The highest BCUT2D eigenvalue weighted by Crippen LogP contribution is 2.19. The van der Waals surface area contributed by atoms with Crippen molar-refractivity contribution in [1.82, 2.24) is 10.6 Å². The summed E-state index contributed by atoms with van der Waals surface area (Å²) in [5, 5.41) is 5.89. The molecule has 2 N–H and O–H groups in total. The molecular weight excluding hydrogens is 271 g/mol. The van der Waals surface area contributed by atoms with Gasteiger partial charge < -0.3 is 15.4 Å². The Labute approximate surface area is 126 Å². The van der Waals surface area contributed by atoms with Crippen LogP contribution in [-0.2, 0) is 11.3 Å². The summed E-state index contributed by atoms with van der Waals surface area (Å²) in [4.78, 5) is 11.6. The van der Waals surface area contributed by atoms with Crippen molar-refractivity contribution in [1.29, 1.82) is 0 Å². The maximum Gasteiger partial charge on any atom is 0.260 e. The van der Waals surface area contributed by atoms with Gasteiger partial charge in [0.2, 0.25) is 0 Å². The summed E-state index contributed by atoms with van der Waals surface area (Å²) in [7, 11) is 0. The van der Waals surface area contributed by atoms with Crippen LogP contribution in [0.5, 0.6) is 5.75 Å². The van der Waals surface area contributed by atoms with Crippen LogP contribution in [0.15, 0.2) is 18.2 Å². The fourth-order valence-electron chi connectivity index (χ4n) is 1.82. The van der Waals surface area contributed by atoms with Crippen LogP contribution in [0, 0.1) is 11.7 Å². The van der Waals surface area contributed by atoms with Crippen molar-refractivity contribution in [3.63, 3.8) is 0 Å². The highest BCUT2D eigenvalue weighted by atomic mass is 19.1. The summed E-state index contributed by atoms with van der Waals surface area (Å²) in [6, 6.07) is 4.81. The molecular formula is C16H25FN2O2. The summed E-state index contributed by atoms with van der Waals surface area (Å²) in [6.07, 6.45) is -0.718. The number of carbonyl (C=O) groups is 1. The maximum atomic E-state index is 14.0. The molecule has 0 saturated carbocycles. The number of rotatable bonds is 8. The number of hydrogen-bond donors (Lipinski definition) is 2. The van der Waals surface area contributed by atoms with Gasteiger partial charge in [0.1, 0.15) is 0 Å². The molecule has 0 fully saturated rings. The molecule has 1 aromatic rings. The highest BCUT2D eigenvalue weighted by Gasteiger charge is 2.15. The van der Waals surface area contributed by atoms with Gasteiger partial charge in [-0.15, -0.1) is 0 Å². The van der Waals surface area contributed by atoms with Gasteiger partial charge in [-0.25, -0.2) is 4.39 Å². The number of carbonyl (C=O) groups excluding carboxylic acids is 1. The summed E-state index contributed by atoms with van der Waals surface area (Å²) in [5.41, 5.74) is 0.853. The third kappa shape index (κ3) is 6.12. The van der Waals surface area contributed by atoms with Crippen LogP contribution in [-0.4, -0.2) is 25.1 Å². The van der Waals surface area contributed by atoms with Crippen LogP contribution in [0.1, 0.15) is 33.3 Å². The van der Waals surface area contributed by atoms with E-state index in [9.17, 15) is 9.18 Å². The van der Waals surface area contributed by atoms with E-state index in [1.54, 1.807) is 19.1 Å². The first-order valence-electron chi connectivity index (χ1n) is 7.37. The molecule has 1 aromatic carbocycles. The number of halogens is 1. The molecule has 5 heteroatoms. The average Bonchev–Trinajstić information content (AvgIpc) is 2.41. The van der Waals surface area contributed by atoms with Gasteiger partial charge >= 0.3 is 0 Å². The van der Waals surface area contributed by atoms with E-state index in [1.807, 2.05) is 6.92 Å². The Kier molecular flexibility index (Phi) is 7.15. The number of likely N-dealkylation sites (N-methyl/N-ethyl adjacent to an activating group) is 1. The number of amides is 1. The minimum Gasteiger partial charge on any atom is -0.478 e. The molecule has 0 aromatic heterocycles. The average molecular weight is 296 g/mol. The number of nitrogens with one attached hydrogen (secondary N) is 2. The number of ether oxygens (including phenoxy) is 1. The van der Waals surface area contributed by atoms with E-state index in [-0.39, 0.29) is 11.7 Å². The second kappa shape index (κ2) is 8.62. The Morgan fingerprint density at radius 1 is 1.33 bits per heavy atom. The second-order valence-electron chi connectivity index (χ2n) is 5.44. The third-order valence-electron chi connectivity index (χ3n) is 2.90. The fourth-order valence-corrected chi connectivity index (χ4v) is 1.82. The highest BCUT2D eigenvalue weighted by molar-refractivity contribution is 5.80. The normalized spacial score (nSPS) is 12.3. The molecule has 1 atom stereocenters. The number of benzene rings is 1. The van der Waals surface area contributed by atoms with Crippen molar-refractivity contribution in [2.45, 2.75) is 40.3 Å². The van der Waals surface area contributed by atoms with Gasteiger partial charge in [0.25, 0.3) is 5.91 Å². The Morgan fingerprint density at radius 2 is 2.05 bits per heavy atom. The molecule has 0 aliphatic carbocycles. The molecule has 0 radical (unpaired) electrons. The molecule has 1 amide bonds. The van der Waals surface area contributed by atoms with Crippen molar-refractivity contribution in [3.05, 3.63) is 29.6 Å². The molecule has 0 saturated heterocycles. The lowest BCUT2D eigenvalue weighted by molar-refractivity contribution is -0.127. The number of hydrogen-bond acceptors (Lipinski definition) is 3. The molecule has 0 spiro atoms. The summed E-state index contributed by atoms with van der Waals surface area (Å²) in [6.45, 7) is 9.68. The monoisotopic (exact) mass is 296 g/mol. The van der Waals surface area contributed by atoms with Crippen molar-refractivity contribution in [2.75, 3.05) is 13.1 Å². The zero-order chi connectivity index (χ0) is 15.8. The van der Waals surface area contributed by atoms with Gasteiger partial charge in [-0.05, 0) is 44.0 Å². The smallest absolute Gasteiger partial charge is 0.260 e. The summed E-state index contributed by atoms with van der Waals surface area (Å²) < 4.78 is 19.3. The molecule has 118 valence electrons. The Bertz CT molecular complexity index is 464. The molecule has 0 bridgehead atoms. The molecule has 1 unspecified atom stereocenters. The zero-order valence-electron chi connectivity index (χ0n) is 13.2. The van der Waals surface area contributed by atoms with E-state index in [4.69, 9.17) is 4.74 Å². The topological polar surface area (TPSA) is 50.4 Å². The fraction of sp³-hybridized carbons (Fsp3) is 0.562. The lowest BCUT2D eigenvalue weighted by Crippen LogP contribution is -2.36. The van der Waals surface area contributed by atoms with Crippen molar-refractivity contribution >= 4 is 5.91 Å².